The average molecular weight is 556 g/mol. The minimum absolute atomic E-state index is 0.330. The first-order chi connectivity index (χ1) is 19.5. The lowest BCUT2D eigenvalue weighted by atomic mass is 9.96. The lowest BCUT2D eigenvalue weighted by Crippen LogP contribution is -2.38. The molecule has 0 bridgehead atoms. The number of halogens is 1. The van der Waals surface area contributed by atoms with Crippen molar-refractivity contribution in [3.05, 3.63) is 83.0 Å². The zero-order valence-electron chi connectivity index (χ0n) is 21.5. The number of imide groups is 1. The van der Waals surface area contributed by atoms with Gasteiger partial charge in [0.25, 0.3) is 11.1 Å². The van der Waals surface area contributed by atoms with Gasteiger partial charge in [-0.1, -0.05) is 18.2 Å². The van der Waals surface area contributed by atoms with E-state index in [-0.39, 0.29) is 11.1 Å². The monoisotopic (exact) mass is 555 g/mol. The van der Waals surface area contributed by atoms with E-state index >= 15 is 0 Å². The number of nitrogens with zero attached hydrogens (tertiary/aromatic N) is 5. The second-order valence-corrected chi connectivity index (χ2v) is 10.8. The number of para-hydroxylation sites is 1. The Kier molecular flexibility index (Phi) is 7.47. The predicted octanol–water partition coefficient (Wildman–Crippen LogP) is 4.56. The normalized spacial score (nSPS) is 17.1. The molecule has 0 atom stereocenters. The van der Waals surface area contributed by atoms with Crippen molar-refractivity contribution in [1.82, 2.24) is 30.6 Å². The molecule has 1 aromatic carbocycles. The highest BCUT2D eigenvalue weighted by Crippen LogP contribution is 2.28. The molecule has 0 saturated carbocycles. The molecule has 0 aliphatic carbocycles. The molecule has 6 rings (SSSR count). The number of benzene rings is 1. The molecular formula is C29H26FN7O2S. The fourth-order valence-corrected chi connectivity index (χ4v) is 5.66. The molecule has 5 heterocycles. The number of piperidine rings is 1. The van der Waals surface area contributed by atoms with Crippen LogP contribution in [0.3, 0.4) is 0 Å². The summed E-state index contributed by atoms with van der Waals surface area (Å²) in [4.78, 5) is 43.4. The summed E-state index contributed by atoms with van der Waals surface area (Å²) in [5.74, 6) is 0.295. The summed E-state index contributed by atoms with van der Waals surface area (Å²) in [6, 6.07) is 13.3. The van der Waals surface area contributed by atoms with Gasteiger partial charge in [0.15, 0.2) is 5.82 Å². The molecule has 11 heteroatoms. The predicted molar refractivity (Wildman–Crippen MR) is 153 cm³/mol. The number of rotatable bonds is 7. The van der Waals surface area contributed by atoms with Gasteiger partial charge in [0.1, 0.15) is 0 Å². The van der Waals surface area contributed by atoms with E-state index in [1.165, 1.54) is 6.20 Å². The number of pyridine rings is 2. The summed E-state index contributed by atoms with van der Waals surface area (Å²) in [7, 11) is 0. The van der Waals surface area contributed by atoms with E-state index in [0.29, 0.717) is 40.3 Å². The molecule has 9 nitrogen and oxygen atoms in total. The van der Waals surface area contributed by atoms with Crippen molar-refractivity contribution in [2.45, 2.75) is 19.4 Å². The van der Waals surface area contributed by atoms with Crippen molar-refractivity contribution >= 4 is 45.8 Å². The number of thioether (sulfide) groups is 1. The van der Waals surface area contributed by atoms with Crippen LogP contribution in [-0.2, 0) is 11.3 Å². The van der Waals surface area contributed by atoms with Crippen molar-refractivity contribution in [3.8, 4) is 11.3 Å². The first-order valence-corrected chi connectivity index (χ1v) is 13.9. The van der Waals surface area contributed by atoms with Crippen LogP contribution < -0.4 is 15.5 Å². The smallest absolute Gasteiger partial charge is 0.290 e. The van der Waals surface area contributed by atoms with Crippen LogP contribution in [0.4, 0.5) is 15.1 Å². The molecular weight excluding hydrogens is 529 g/mol. The Balaban J connectivity index is 1.08. The Labute approximate surface area is 234 Å². The molecule has 2 fully saturated rings. The number of nitrogens with one attached hydrogen (secondary N) is 2. The van der Waals surface area contributed by atoms with Crippen molar-refractivity contribution in [3.63, 3.8) is 0 Å². The maximum absolute atomic E-state index is 14.6. The molecule has 3 aromatic heterocycles. The van der Waals surface area contributed by atoms with Crippen LogP contribution in [0.5, 0.6) is 0 Å². The molecule has 0 radical (unpaired) electrons. The van der Waals surface area contributed by atoms with Crippen LogP contribution >= 0.6 is 11.8 Å². The van der Waals surface area contributed by atoms with E-state index < -0.39 is 5.91 Å². The minimum atomic E-state index is -0.402. The molecule has 2 aliphatic rings. The van der Waals surface area contributed by atoms with Gasteiger partial charge in [-0.05, 0) is 73.0 Å². The zero-order valence-corrected chi connectivity index (χ0v) is 22.3. The van der Waals surface area contributed by atoms with Crippen LogP contribution in [0.15, 0.2) is 66.0 Å². The number of aromatic nitrogens is 4. The highest BCUT2D eigenvalue weighted by Gasteiger charge is 2.26. The van der Waals surface area contributed by atoms with Gasteiger partial charge < -0.3 is 10.2 Å². The molecule has 0 unspecified atom stereocenters. The van der Waals surface area contributed by atoms with Gasteiger partial charge in [-0.2, -0.15) is 0 Å². The summed E-state index contributed by atoms with van der Waals surface area (Å²) in [5.41, 5.74) is 3.43. The number of amides is 2. The van der Waals surface area contributed by atoms with Gasteiger partial charge in [-0.15, -0.1) is 0 Å². The van der Waals surface area contributed by atoms with E-state index in [0.717, 1.165) is 60.7 Å². The number of anilines is 1. The molecule has 202 valence electrons. The Hall–Kier alpha value is -4.22. The summed E-state index contributed by atoms with van der Waals surface area (Å²) in [6.45, 7) is 3.02. The largest absolute Gasteiger partial charge is 0.341 e. The Morgan fingerprint density at radius 1 is 1.10 bits per heavy atom. The quantitative estimate of drug-likeness (QED) is 0.317. The van der Waals surface area contributed by atoms with E-state index in [2.05, 4.69) is 36.6 Å². The van der Waals surface area contributed by atoms with E-state index in [1.54, 1.807) is 30.6 Å². The van der Waals surface area contributed by atoms with Gasteiger partial charge >= 0.3 is 0 Å². The van der Waals surface area contributed by atoms with Gasteiger partial charge in [-0.25, -0.2) is 19.3 Å². The Bertz CT molecular complexity index is 1620. The second kappa shape index (κ2) is 11.5. The summed E-state index contributed by atoms with van der Waals surface area (Å²) < 4.78 is 14.6. The van der Waals surface area contributed by atoms with Crippen LogP contribution in [-0.4, -0.2) is 50.7 Å². The Morgan fingerprint density at radius 2 is 1.95 bits per heavy atom. The number of carbonyl (C=O) groups excluding carboxylic acids is 2. The first kappa shape index (κ1) is 26.0. The van der Waals surface area contributed by atoms with Crippen LogP contribution in [0.1, 0.15) is 24.1 Å². The SMILES string of the molecule is O=C1NC(=O)/C(=C/c2ccnc(N3CCC(CNCc4cc5ccccc5nc4-c4ccncc4F)CC3)n2)S1. The molecule has 2 aliphatic heterocycles. The lowest BCUT2D eigenvalue weighted by Gasteiger charge is -2.32. The zero-order chi connectivity index (χ0) is 27.5. The van der Waals surface area contributed by atoms with Crippen LogP contribution in [0.2, 0.25) is 0 Å². The third kappa shape index (κ3) is 5.70. The van der Waals surface area contributed by atoms with Crippen molar-refractivity contribution in [2.75, 3.05) is 24.5 Å². The standard InChI is InChI=1S/C29H26FN7O2S/c30-23-17-31-9-6-22(23)26-20(13-19-3-1-2-4-24(19)35-26)16-32-15-18-7-11-37(12-8-18)28-33-10-5-21(34-28)14-25-27(38)36-29(39)40-25/h1-6,9-10,13-14,17-18,32H,7-8,11-12,15-16H2,(H,36,38,39)/b25-14-. The fourth-order valence-electron chi connectivity index (χ4n) is 4.99. The van der Waals surface area contributed by atoms with Gasteiger partial charge in [0.05, 0.1) is 28.0 Å². The fraction of sp³-hybridized carbons (Fsp3) is 0.241. The van der Waals surface area contributed by atoms with E-state index in [1.807, 2.05) is 24.3 Å². The first-order valence-electron chi connectivity index (χ1n) is 13.1. The summed E-state index contributed by atoms with van der Waals surface area (Å²) >= 11 is 0.872. The summed E-state index contributed by atoms with van der Waals surface area (Å²) in [6.07, 6.45) is 8.02. The third-order valence-electron chi connectivity index (χ3n) is 7.06. The van der Waals surface area contributed by atoms with E-state index in [4.69, 9.17) is 4.98 Å². The third-order valence-corrected chi connectivity index (χ3v) is 7.87. The van der Waals surface area contributed by atoms with Crippen molar-refractivity contribution < 1.29 is 14.0 Å². The molecule has 2 N–H and O–H groups in total. The topological polar surface area (TPSA) is 113 Å². The summed E-state index contributed by atoms with van der Waals surface area (Å²) in [5, 5.41) is 6.47. The van der Waals surface area contributed by atoms with Crippen molar-refractivity contribution in [1.29, 1.82) is 0 Å². The molecule has 2 saturated heterocycles. The second-order valence-electron chi connectivity index (χ2n) is 9.74. The molecule has 4 aromatic rings. The number of hydrogen-bond donors (Lipinski definition) is 2. The van der Waals surface area contributed by atoms with Gasteiger partial charge in [0.2, 0.25) is 5.95 Å². The van der Waals surface area contributed by atoms with Crippen molar-refractivity contribution in [2.24, 2.45) is 5.92 Å². The lowest BCUT2D eigenvalue weighted by molar-refractivity contribution is -0.115. The molecule has 40 heavy (non-hydrogen) atoms. The number of hydrogen-bond acceptors (Lipinski definition) is 9. The minimum Gasteiger partial charge on any atom is -0.341 e. The highest BCUT2D eigenvalue weighted by atomic mass is 32.2. The van der Waals surface area contributed by atoms with Gasteiger partial charge in [0, 0.05) is 43.0 Å². The van der Waals surface area contributed by atoms with Crippen LogP contribution in [0.25, 0.3) is 28.2 Å². The maximum atomic E-state index is 14.6. The molecule has 2 amide bonds. The number of carbonyl (C=O) groups is 2. The van der Waals surface area contributed by atoms with Crippen LogP contribution in [0, 0.1) is 11.7 Å². The average Bonchev–Trinajstić information content (AvgIpc) is 3.29. The highest BCUT2D eigenvalue weighted by molar-refractivity contribution is 8.18. The maximum Gasteiger partial charge on any atom is 0.290 e. The Morgan fingerprint density at radius 3 is 2.75 bits per heavy atom. The van der Waals surface area contributed by atoms with Gasteiger partial charge in [-0.3, -0.25) is 19.9 Å². The number of fused-ring (bicyclic) bond motifs is 1. The molecule has 0 spiro atoms. The van der Waals surface area contributed by atoms with E-state index in [9.17, 15) is 14.0 Å².